The van der Waals surface area contributed by atoms with Crippen LogP contribution in [0.4, 0.5) is 0 Å². The maximum Gasteiger partial charge on any atom is 0.309 e. The number of nitrogens with zero attached hydrogens (tertiary/aromatic N) is 5. The highest BCUT2D eigenvalue weighted by Gasteiger charge is 2.42. The predicted molar refractivity (Wildman–Crippen MR) is 201 cm³/mol. The van der Waals surface area contributed by atoms with Crippen molar-refractivity contribution in [3.63, 3.8) is 0 Å². The van der Waals surface area contributed by atoms with Gasteiger partial charge in [0, 0.05) is 16.7 Å². The lowest BCUT2D eigenvalue weighted by Crippen LogP contribution is -2.49. The molecule has 51 heavy (non-hydrogen) atoms. The summed E-state index contributed by atoms with van der Waals surface area (Å²) < 4.78 is 6.10. The van der Waals surface area contributed by atoms with Crippen LogP contribution < -0.4 is 5.46 Å². The second-order valence-electron chi connectivity index (χ2n) is 15.3. The quantitative estimate of drug-likeness (QED) is 0.159. The van der Waals surface area contributed by atoms with Crippen LogP contribution >= 0.6 is 0 Å². The number of fused-ring (bicyclic) bond motifs is 2. The van der Waals surface area contributed by atoms with E-state index in [0.717, 1.165) is 28.1 Å². The van der Waals surface area contributed by atoms with Gasteiger partial charge in [0.05, 0.1) is 34.5 Å². The highest BCUT2D eigenvalue weighted by atomic mass is 16.5. The minimum absolute atomic E-state index is 0.476. The molecule has 7 rings (SSSR count). The zero-order valence-corrected chi connectivity index (χ0v) is 29.7. The van der Waals surface area contributed by atoms with Crippen molar-refractivity contribution in [2.24, 2.45) is 11.8 Å². The highest BCUT2D eigenvalue weighted by Crippen LogP contribution is 2.54. The van der Waals surface area contributed by atoms with Gasteiger partial charge in [-0.3, -0.25) is 0 Å². The lowest BCUT2D eigenvalue weighted by molar-refractivity contribution is -0.0893. The molecule has 1 N–H and O–H groups in total. The van der Waals surface area contributed by atoms with Crippen molar-refractivity contribution in [1.82, 2.24) is 15.0 Å². The van der Waals surface area contributed by atoms with Gasteiger partial charge in [-0.1, -0.05) is 54.0 Å². The summed E-state index contributed by atoms with van der Waals surface area (Å²) in [6, 6.07) is 36.5. The summed E-state index contributed by atoms with van der Waals surface area (Å²) in [6.07, 6.45) is 4.93. The first kappa shape index (κ1) is 34.3. The molecule has 254 valence electrons. The van der Waals surface area contributed by atoms with Crippen molar-refractivity contribution in [2.45, 2.75) is 76.4 Å². The second kappa shape index (κ2) is 13.9. The molecule has 5 aromatic rings. The molecule has 8 heteroatoms. The molecule has 7 nitrogen and oxygen atoms in total. The van der Waals surface area contributed by atoms with E-state index in [1.165, 1.54) is 36.8 Å². The number of benzene rings is 4. The average molecular weight is 672 g/mol. The molecule has 0 saturated heterocycles. The normalized spacial score (nSPS) is 20.0. The van der Waals surface area contributed by atoms with Gasteiger partial charge in [0.25, 0.3) is 0 Å². The minimum Gasteiger partial charge on any atom is -0.427 e. The first-order valence-corrected chi connectivity index (χ1v) is 17.8. The van der Waals surface area contributed by atoms with E-state index in [0.29, 0.717) is 53.8 Å². The molecule has 0 aliphatic heterocycles. The van der Waals surface area contributed by atoms with Crippen molar-refractivity contribution >= 4 is 12.9 Å². The summed E-state index contributed by atoms with van der Waals surface area (Å²) in [4.78, 5) is 14.5. The second-order valence-corrected chi connectivity index (χ2v) is 15.3. The molecule has 0 radical (unpaired) electrons. The van der Waals surface area contributed by atoms with E-state index in [4.69, 9.17) is 19.6 Å². The Bertz CT molecular complexity index is 2020. The van der Waals surface area contributed by atoms with Gasteiger partial charge < -0.3 is 9.76 Å². The smallest absolute Gasteiger partial charge is 0.309 e. The Morgan fingerprint density at radius 1 is 0.627 bits per heavy atom. The van der Waals surface area contributed by atoms with Gasteiger partial charge in [-0.05, 0) is 137 Å². The molecule has 1 aromatic heterocycles. The van der Waals surface area contributed by atoms with Crippen LogP contribution in [0.5, 0.6) is 0 Å². The summed E-state index contributed by atoms with van der Waals surface area (Å²) in [5, 5.41) is 29.0. The summed E-state index contributed by atoms with van der Waals surface area (Å²) in [6.45, 7) is 7.44. The predicted octanol–water partition coefficient (Wildman–Crippen LogP) is 7.85. The third kappa shape index (κ3) is 7.35. The van der Waals surface area contributed by atoms with Crippen LogP contribution in [0, 0.1) is 34.5 Å². The first-order chi connectivity index (χ1) is 24.5. The van der Waals surface area contributed by atoms with Gasteiger partial charge >= 0.3 is 7.48 Å². The van der Waals surface area contributed by atoms with Crippen LogP contribution in [-0.2, 0) is 4.65 Å². The summed E-state index contributed by atoms with van der Waals surface area (Å²) >= 11 is 0. The molecular formula is C43H42BN5O2. The molecule has 1 heterocycles. The van der Waals surface area contributed by atoms with Crippen LogP contribution in [0.2, 0.25) is 0 Å². The van der Waals surface area contributed by atoms with Crippen molar-refractivity contribution < 1.29 is 9.76 Å². The first-order valence-electron chi connectivity index (χ1n) is 17.8. The summed E-state index contributed by atoms with van der Waals surface area (Å²) in [5.41, 5.74) is 6.01. The Morgan fingerprint density at radius 2 is 1.10 bits per heavy atom. The molecule has 2 aliphatic carbocycles. The molecular weight excluding hydrogens is 629 g/mol. The number of aliphatic hydroxyl groups is 1. The highest BCUT2D eigenvalue weighted by molar-refractivity contribution is 6.47. The minimum atomic E-state index is -0.925. The lowest BCUT2D eigenvalue weighted by Gasteiger charge is -2.37. The van der Waals surface area contributed by atoms with Crippen molar-refractivity contribution in [3.8, 4) is 46.3 Å². The number of aromatic nitrogens is 3. The zero-order valence-electron chi connectivity index (χ0n) is 29.7. The van der Waals surface area contributed by atoms with Gasteiger partial charge in [-0.15, -0.1) is 0 Å². The molecule has 4 atom stereocenters. The molecule has 2 aliphatic rings. The Hall–Kier alpha value is -5.15. The largest absolute Gasteiger partial charge is 0.427 e. The Kier molecular flexibility index (Phi) is 9.33. The fourth-order valence-electron chi connectivity index (χ4n) is 7.59. The standard InChI is InChI=1S/C43H42BN5O2/c1-42(2,50)43(3,4)51-44-37-19-17-31(18-20-37)38-23-29-21-35(24-36(38)22-29)30-13-15-34(16-14-30)41-48-39(32-9-5-27(25-45)6-10-32)47-40(49-41)33-11-7-28(26-46)8-12-33/h5-20,29,35-36,38,44,50H,21-24H2,1-4H3. The molecule has 2 bridgehead atoms. The van der Waals surface area contributed by atoms with E-state index in [2.05, 4.69) is 60.7 Å². The van der Waals surface area contributed by atoms with Crippen LogP contribution in [0.15, 0.2) is 97.1 Å². The van der Waals surface area contributed by atoms with E-state index < -0.39 is 11.2 Å². The van der Waals surface area contributed by atoms with Gasteiger partial charge in [0.15, 0.2) is 17.5 Å². The van der Waals surface area contributed by atoms with Crippen molar-refractivity contribution in [3.05, 3.63) is 119 Å². The fraction of sp³-hybridized carbons (Fsp3) is 0.326. The van der Waals surface area contributed by atoms with E-state index >= 15 is 0 Å². The van der Waals surface area contributed by atoms with Gasteiger partial charge in [-0.2, -0.15) is 10.5 Å². The van der Waals surface area contributed by atoms with Gasteiger partial charge in [0.1, 0.15) is 0 Å². The summed E-state index contributed by atoms with van der Waals surface area (Å²) in [7, 11) is 0.476. The number of hydrogen-bond donors (Lipinski definition) is 1. The van der Waals surface area contributed by atoms with Crippen LogP contribution in [-0.4, -0.2) is 38.7 Å². The molecule has 2 fully saturated rings. The number of nitriles is 2. The third-order valence-corrected chi connectivity index (χ3v) is 11.3. The molecule has 4 unspecified atom stereocenters. The molecule has 4 aromatic carbocycles. The maximum absolute atomic E-state index is 10.4. The fourth-order valence-corrected chi connectivity index (χ4v) is 7.59. The monoisotopic (exact) mass is 671 g/mol. The Morgan fingerprint density at radius 3 is 1.57 bits per heavy atom. The van der Waals surface area contributed by atoms with E-state index in [1.807, 2.05) is 38.1 Å². The maximum atomic E-state index is 10.4. The molecule has 0 spiro atoms. The lowest BCUT2D eigenvalue weighted by atomic mass is 9.75. The van der Waals surface area contributed by atoms with Gasteiger partial charge in [0.2, 0.25) is 0 Å². The van der Waals surface area contributed by atoms with Crippen LogP contribution in [0.3, 0.4) is 0 Å². The van der Waals surface area contributed by atoms with E-state index in [1.54, 1.807) is 38.1 Å². The Balaban J connectivity index is 1.08. The summed E-state index contributed by atoms with van der Waals surface area (Å²) in [5.74, 6) is 4.12. The zero-order chi connectivity index (χ0) is 35.8. The topological polar surface area (TPSA) is 116 Å². The van der Waals surface area contributed by atoms with Crippen molar-refractivity contribution in [1.29, 1.82) is 10.5 Å². The Labute approximate surface area is 301 Å². The van der Waals surface area contributed by atoms with Crippen LogP contribution in [0.1, 0.15) is 87.5 Å². The number of hydrogen-bond acceptors (Lipinski definition) is 7. The third-order valence-electron chi connectivity index (χ3n) is 11.3. The molecule has 0 amide bonds. The van der Waals surface area contributed by atoms with E-state index in [9.17, 15) is 15.6 Å². The number of rotatable bonds is 9. The van der Waals surface area contributed by atoms with Gasteiger partial charge in [-0.25, -0.2) is 15.0 Å². The van der Waals surface area contributed by atoms with Crippen molar-refractivity contribution in [2.75, 3.05) is 0 Å². The molecule has 2 saturated carbocycles. The SMILES string of the molecule is CC(C)(O)C(C)(C)OBc1ccc(C2CC3CC(c4ccc(-c5nc(-c6ccc(C#N)cc6)nc(-c6ccc(C#N)cc6)n5)cc4)CC2C3)cc1. The van der Waals surface area contributed by atoms with Crippen LogP contribution in [0.25, 0.3) is 34.2 Å². The average Bonchev–Trinajstić information content (AvgIpc) is 3.46. The van der Waals surface area contributed by atoms with E-state index in [-0.39, 0.29) is 0 Å².